The summed E-state index contributed by atoms with van der Waals surface area (Å²) in [7, 11) is 0. The molecular weight excluding hydrogens is 323 g/mol. The summed E-state index contributed by atoms with van der Waals surface area (Å²) in [6.45, 7) is 5.46. The number of carbonyl (C=O) groups is 1. The maximum Gasteiger partial charge on any atom is 0.320 e. The highest BCUT2D eigenvalue weighted by atomic mass is 19.1. The van der Waals surface area contributed by atoms with E-state index < -0.39 is 11.7 Å². The maximum atomic E-state index is 13.7. The van der Waals surface area contributed by atoms with Crippen LogP contribution in [0, 0.1) is 5.82 Å². The number of nitrogens with one attached hydrogen (secondary N) is 2. The van der Waals surface area contributed by atoms with E-state index in [4.69, 9.17) is 4.42 Å². The van der Waals surface area contributed by atoms with Gasteiger partial charge in [0.25, 0.3) is 5.91 Å². The molecule has 0 spiro atoms. The van der Waals surface area contributed by atoms with Crippen LogP contribution in [-0.4, -0.2) is 16.1 Å². The van der Waals surface area contributed by atoms with Crippen LogP contribution in [0.3, 0.4) is 0 Å². The topological polar surface area (TPSA) is 80.0 Å². The third-order valence-electron chi connectivity index (χ3n) is 3.23. The number of hydrogen-bond acceptors (Lipinski definition) is 5. The summed E-state index contributed by atoms with van der Waals surface area (Å²) in [4.78, 5) is 12.2. The minimum atomic E-state index is -0.580. The highest BCUT2D eigenvalue weighted by Crippen LogP contribution is 2.23. The van der Waals surface area contributed by atoms with Crippen molar-refractivity contribution in [3.8, 4) is 11.5 Å². The van der Waals surface area contributed by atoms with Crippen molar-refractivity contribution < 1.29 is 13.6 Å². The summed E-state index contributed by atoms with van der Waals surface area (Å²) in [5.74, 6) is -0.834. The predicted octanol–water partition coefficient (Wildman–Crippen LogP) is 4.07. The van der Waals surface area contributed by atoms with Gasteiger partial charge < -0.3 is 15.1 Å². The van der Waals surface area contributed by atoms with Gasteiger partial charge in [0.05, 0.1) is 5.56 Å². The number of aromatic nitrogens is 2. The van der Waals surface area contributed by atoms with Gasteiger partial charge in [0, 0.05) is 16.9 Å². The minimum absolute atomic E-state index is 0.0290. The molecule has 0 saturated heterocycles. The Hall–Kier alpha value is -3.48. The monoisotopic (exact) mass is 338 g/mol. The lowest BCUT2D eigenvalue weighted by molar-refractivity contribution is 0.102. The lowest BCUT2D eigenvalue weighted by Gasteiger charge is -2.07. The van der Waals surface area contributed by atoms with E-state index >= 15 is 0 Å². The molecule has 126 valence electrons. The first kappa shape index (κ1) is 16.4. The van der Waals surface area contributed by atoms with Gasteiger partial charge in [-0.1, -0.05) is 29.9 Å². The zero-order valence-electron chi connectivity index (χ0n) is 13.4. The molecule has 0 aliphatic carbocycles. The third-order valence-corrected chi connectivity index (χ3v) is 3.23. The molecule has 0 radical (unpaired) electrons. The molecule has 25 heavy (non-hydrogen) atoms. The van der Waals surface area contributed by atoms with Gasteiger partial charge in [0.2, 0.25) is 5.89 Å². The van der Waals surface area contributed by atoms with Crippen LogP contribution in [0.15, 0.2) is 65.2 Å². The van der Waals surface area contributed by atoms with Crippen LogP contribution in [-0.2, 0) is 0 Å². The van der Waals surface area contributed by atoms with Gasteiger partial charge in [0.15, 0.2) is 0 Å². The number of halogens is 1. The van der Waals surface area contributed by atoms with E-state index in [2.05, 4.69) is 27.4 Å². The number of nitrogens with zero attached hydrogens (tertiary/aromatic N) is 2. The molecule has 6 nitrogen and oxygen atoms in total. The second kappa shape index (κ2) is 6.96. The Balaban J connectivity index is 1.80. The molecule has 1 heterocycles. The number of amides is 1. The van der Waals surface area contributed by atoms with E-state index in [9.17, 15) is 9.18 Å². The Kier molecular flexibility index (Phi) is 4.56. The zero-order valence-corrected chi connectivity index (χ0v) is 13.4. The molecule has 1 amide bonds. The Morgan fingerprint density at radius 2 is 1.92 bits per heavy atom. The lowest BCUT2D eigenvalue weighted by atomic mass is 10.1. The first-order valence-corrected chi connectivity index (χ1v) is 7.45. The molecule has 0 unspecified atom stereocenters. The quantitative estimate of drug-likeness (QED) is 0.733. The Morgan fingerprint density at radius 3 is 2.68 bits per heavy atom. The van der Waals surface area contributed by atoms with Gasteiger partial charge in [-0.05, 0) is 37.3 Å². The number of carbonyl (C=O) groups excluding carboxylic acids is 1. The number of anilines is 2. The van der Waals surface area contributed by atoms with Crippen molar-refractivity contribution in [1.82, 2.24) is 10.2 Å². The van der Waals surface area contributed by atoms with Gasteiger partial charge in [-0.3, -0.25) is 4.79 Å². The summed E-state index contributed by atoms with van der Waals surface area (Å²) in [5.41, 5.74) is 1.74. The van der Waals surface area contributed by atoms with E-state index in [0.717, 1.165) is 0 Å². The van der Waals surface area contributed by atoms with Crippen molar-refractivity contribution >= 4 is 17.6 Å². The van der Waals surface area contributed by atoms with Gasteiger partial charge in [-0.2, -0.15) is 0 Å². The summed E-state index contributed by atoms with van der Waals surface area (Å²) in [6, 6.07) is 12.8. The van der Waals surface area contributed by atoms with Gasteiger partial charge in [-0.15, -0.1) is 5.10 Å². The van der Waals surface area contributed by atoms with Crippen LogP contribution >= 0.6 is 0 Å². The van der Waals surface area contributed by atoms with E-state index in [-0.39, 0.29) is 17.5 Å². The first-order chi connectivity index (χ1) is 12.0. The highest BCUT2D eigenvalue weighted by Gasteiger charge is 2.13. The normalized spacial score (nSPS) is 10.3. The van der Waals surface area contributed by atoms with Gasteiger partial charge in [-0.25, -0.2) is 4.39 Å². The smallest absolute Gasteiger partial charge is 0.320 e. The Morgan fingerprint density at radius 1 is 1.12 bits per heavy atom. The van der Waals surface area contributed by atoms with Crippen LogP contribution in [0.1, 0.15) is 17.3 Å². The SMILES string of the molecule is C=C(C)Nc1nnc(-c2cccc(NC(=O)c3ccccc3F)c2)o1. The molecular formula is C18H15FN4O2. The largest absolute Gasteiger partial charge is 0.403 e. The summed E-state index contributed by atoms with van der Waals surface area (Å²) in [5, 5.41) is 13.3. The van der Waals surface area contributed by atoms with Crippen molar-refractivity contribution in [3.63, 3.8) is 0 Å². The molecule has 2 aromatic carbocycles. The van der Waals surface area contributed by atoms with Crippen molar-refractivity contribution in [2.75, 3.05) is 10.6 Å². The Bertz CT molecular complexity index is 936. The van der Waals surface area contributed by atoms with Crippen LogP contribution in [0.4, 0.5) is 16.1 Å². The highest BCUT2D eigenvalue weighted by molar-refractivity contribution is 6.04. The molecule has 0 bridgehead atoms. The zero-order chi connectivity index (χ0) is 17.8. The van der Waals surface area contributed by atoms with Gasteiger partial charge in [0.1, 0.15) is 5.82 Å². The molecule has 3 aromatic rings. The van der Waals surface area contributed by atoms with Crippen LogP contribution in [0.25, 0.3) is 11.5 Å². The Labute approximate surface area is 143 Å². The molecule has 0 aliphatic heterocycles. The second-order valence-electron chi connectivity index (χ2n) is 5.33. The lowest BCUT2D eigenvalue weighted by Crippen LogP contribution is -2.13. The fourth-order valence-electron chi connectivity index (χ4n) is 2.15. The summed E-state index contributed by atoms with van der Waals surface area (Å²) < 4.78 is 19.2. The van der Waals surface area contributed by atoms with Crippen LogP contribution < -0.4 is 10.6 Å². The molecule has 2 N–H and O–H groups in total. The fourth-order valence-corrected chi connectivity index (χ4v) is 2.15. The van der Waals surface area contributed by atoms with Gasteiger partial charge >= 0.3 is 6.01 Å². The summed E-state index contributed by atoms with van der Waals surface area (Å²) >= 11 is 0. The van der Waals surface area contributed by atoms with Crippen molar-refractivity contribution in [1.29, 1.82) is 0 Å². The number of rotatable bonds is 5. The number of benzene rings is 2. The molecule has 0 saturated carbocycles. The van der Waals surface area contributed by atoms with Crippen LogP contribution in [0.5, 0.6) is 0 Å². The maximum absolute atomic E-state index is 13.7. The van der Waals surface area contributed by atoms with Crippen molar-refractivity contribution in [2.24, 2.45) is 0 Å². The minimum Gasteiger partial charge on any atom is -0.403 e. The summed E-state index contributed by atoms with van der Waals surface area (Å²) in [6.07, 6.45) is 0. The second-order valence-corrected chi connectivity index (χ2v) is 5.33. The van der Waals surface area contributed by atoms with E-state index in [1.807, 2.05) is 0 Å². The van der Waals surface area contributed by atoms with Crippen molar-refractivity contribution in [3.05, 3.63) is 72.2 Å². The molecule has 1 aromatic heterocycles. The molecule has 0 aliphatic rings. The molecule has 0 atom stereocenters. The number of allylic oxidation sites excluding steroid dienone is 1. The average molecular weight is 338 g/mol. The molecule has 0 fully saturated rings. The standard InChI is InChI=1S/C18H15FN4O2/c1-11(2)20-18-23-22-17(25-18)12-6-5-7-13(10-12)21-16(24)14-8-3-4-9-15(14)19/h3-10H,1H2,2H3,(H,20,23)(H,21,24). The average Bonchev–Trinajstić information content (AvgIpc) is 3.03. The first-order valence-electron chi connectivity index (χ1n) is 7.45. The fraction of sp³-hybridized carbons (Fsp3) is 0.0556. The predicted molar refractivity (Wildman–Crippen MR) is 92.5 cm³/mol. The van der Waals surface area contributed by atoms with E-state index in [1.54, 1.807) is 37.3 Å². The van der Waals surface area contributed by atoms with Crippen molar-refractivity contribution in [2.45, 2.75) is 6.92 Å². The van der Waals surface area contributed by atoms with E-state index in [1.165, 1.54) is 18.2 Å². The molecule has 3 rings (SSSR count). The number of hydrogen-bond donors (Lipinski definition) is 2. The van der Waals surface area contributed by atoms with E-state index in [0.29, 0.717) is 16.9 Å². The third kappa shape index (κ3) is 3.89. The molecule has 7 heteroatoms. The van der Waals surface area contributed by atoms with Crippen LogP contribution in [0.2, 0.25) is 0 Å².